The third kappa shape index (κ3) is 6.85. The molecule has 3 rings (SSSR count). The Morgan fingerprint density at radius 2 is 1.83 bits per heavy atom. The molecule has 18 heteroatoms. The average molecular weight is 619 g/mol. The van der Waals surface area contributed by atoms with E-state index in [-0.39, 0.29) is 23.0 Å². The highest BCUT2D eigenvalue weighted by Crippen LogP contribution is 2.57. The largest absolute Gasteiger partial charge is 0.481 e. The fourth-order valence-corrected chi connectivity index (χ4v) is 5.51. The standard InChI is InChI=1S/C18H22BrFN2O12P2/c1-9-2-3-10(12(20)6-9)4-5-21-16(25)11(19)7-22(18(21)26)17-15(24)14(23)13(33-17)8-32-36(30,31)34-35(27,28)29/h2-3,6-7,13-15,17,23-24H,4-5,8H2,1H3,(H,30,31)(H2,27,28,29)/t13-,14+,15?,17-/m1/s1. The first-order valence-electron chi connectivity index (χ1n) is 10.1. The molecule has 0 saturated carbocycles. The zero-order chi connectivity index (χ0) is 27.0. The molecule has 2 aromatic rings. The van der Waals surface area contributed by atoms with Crippen LogP contribution in [0.5, 0.6) is 0 Å². The maximum Gasteiger partial charge on any atom is 0.481 e. The molecule has 0 spiro atoms. The third-order valence-electron chi connectivity index (χ3n) is 5.19. The molecule has 1 aromatic heterocycles. The Morgan fingerprint density at radius 1 is 1.17 bits per heavy atom. The van der Waals surface area contributed by atoms with Crippen molar-refractivity contribution >= 4 is 31.6 Å². The van der Waals surface area contributed by atoms with Crippen molar-refractivity contribution in [2.45, 2.75) is 44.4 Å². The SMILES string of the molecule is Cc1ccc(CCn2c(=O)c(Br)cn([C@@H]3O[C@H](COP(=O)(O)OP(=O)(O)O)[C@H](O)C3O)c2=O)c(F)c1. The topological polar surface area (TPSA) is 207 Å². The lowest BCUT2D eigenvalue weighted by molar-refractivity contribution is -0.0549. The molecule has 1 aliphatic rings. The Morgan fingerprint density at radius 3 is 2.44 bits per heavy atom. The molecule has 0 bridgehead atoms. The molecule has 36 heavy (non-hydrogen) atoms. The molecule has 1 saturated heterocycles. The first kappa shape index (κ1) is 29.0. The normalized spacial score (nSPS) is 24.1. The van der Waals surface area contributed by atoms with Gasteiger partial charge in [-0.15, -0.1) is 0 Å². The van der Waals surface area contributed by atoms with Crippen LogP contribution >= 0.6 is 31.6 Å². The van der Waals surface area contributed by atoms with Gasteiger partial charge in [0.15, 0.2) is 6.23 Å². The molecule has 0 amide bonds. The lowest BCUT2D eigenvalue weighted by Gasteiger charge is -2.19. The van der Waals surface area contributed by atoms with Crippen LogP contribution in [0, 0.1) is 12.7 Å². The van der Waals surface area contributed by atoms with Crippen molar-refractivity contribution in [1.29, 1.82) is 0 Å². The number of nitrogens with zero attached hydrogens (tertiary/aromatic N) is 2. The van der Waals surface area contributed by atoms with Crippen molar-refractivity contribution in [3.63, 3.8) is 0 Å². The highest BCUT2D eigenvalue weighted by molar-refractivity contribution is 9.10. The lowest BCUT2D eigenvalue weighted by Crippen LogP contribution is -2.44. The van der Waals surface area contributed by atoms with Crippen LogP contribution in [0.2, 0.25) is 0 Å². The van der Waals surface area contributed by atoms with Gasteiger partial charge >= 0.3 is 21.3 Å². The zero-order valence-corrected chi connectivity index (χ0v) is 21.8. The number of hydrogen-bond acceptors (Lipinski definition) is 9. The Kier molecular flexibility index (Phi) is 8.91. The van der Waals surface area contributed by atoms with Crippen molar-refractivity contribution in [3.05, 3.63) is 66.7 Å². The molecule has 1 fully saturated rings. The van der Waals surface area contributed by atoms with Gasteiger partial charge in [-0.2, -0.15) is 4.31 Å². The second-order valence-electron chi connectivity index (χ2n) is 7.85. The van der Waals surface area contributed by atoms with Gasteiger partial charge in [-0.3, -0.25) is 18.5 Å². The van der Waals surface area contributed by atoms with Crippen LogP contribution < -0.4 is 11.2 Å². The summed E-state index contributed by atoms with van der Waals surface area (Å²) in [6.45, 7) is 0.501. The Bertz CT molecular complexity index is 1340. The predicted molar refractivity (Wildman–Crippen MR) is 122 cm³/mol. The van der Waals surface area contributed by atoms with Crippen molar-refractivity contribution < 1.29 is 52.0 Å². The molecule has 1 aromatic carbocycles. The van der Waals surface area contributed by atoms with Crippen LogP contribution in [-0.2, 0) is 35.7 Å². The number of aromatic nitrogens is 2. The van der Waals surface area contributed by atoms with E-state index in [1.54, 1.807) is 13.0 Å². The van der Waals surface area contributed by atoms with E-state index in [1.807, 2.05) is 0 Å². The van der Waals surface area contributed by atoms with Crippen LogP contribution in [-0.4, -0.2) is 58.9 Å². The monoisotopic (exact) mass is 618 g/mol. The minimum absolute atomic E-state index is 0.0176. The highest BCUT2D eigenvalue weighted by atomic mass is 79.9. The molecule has 0 radical (unpaired) electrons. The minimum Gasteiger partial charge on any atom is -0.387 e. The van der Waals surface area contributed by atoms with Crippen LogP contribution in [0.4, 0.5) is 4.39 Å². The zero-order valence-electron chi connectivity index (χ0n) is 18.4. The molecule has 14 nitrogen and oxygen atoms in total. The van der Waals surface area contributed by atoms with Gasteiger partial charge in [0, 0.05) is 12.7 Å². The van der Waals surface area contributed by atoms with Gasteiger partial charge < -0.3 is 29.6 Å². The van der Waals surface area contributed by atoms with Crippen LogP contribution in [0.3, 0.4) is 0 Å². The molecule has 200 valence electrons. The Labute approximate surface area is 210 Å². The van der Waals surface area contributed by atoms with E-state index >= 15 is 0 Å². The van der Waals surface area contributed by atoms with Crippen molar-refractivity contribution in [3.8, 4) is 0 Å². The van der Waals surface area contributed by atoms with E-state index in [0.29, 0.717) is 5.56 Å². The molecular formula is C18H22BrFN2O12P2. The number of benzene rings is 1. The lowest BCUT2D eigenvalue weighted by atomic mass is 10.1. The Hall–Kier alpha value is -1.55. The van der Waals surface area contributed by atoms with Gasteiger partial charge in [0.05, 0.1) is 11.1 Å². The van der Waals surface area contributed by atoms with Crippen LogP contribution in [0.25, 0.3) is 0 Å². The molecule has 2 unspecified atom stereocenters. The van der Waals surface area contributed by atoms with E-state index in [2.05, 4.69) is 24.8 Å². The molecular weight excluding hydrogens is 597 g/mol. The maximum absolute atomic E-state index is 14.2. The molecule has 2 heterocycles. The quantitative estimate of drug-likeness (QED) is 0.241. The number of aryl methyl sites for hydroxylation is 2. The summed E-state index contributed by atoms with van der Waals surface area (Å²) in [5.41, 5.74) is -0.763. The summed E-state index contributed by atoms with van der Waals surface area (Å²) >= 11 is 3.01. The summed E-state index contributed by atoms with van der Waals surface area (Å²) < 4.78 is 51.4. The van der Waals surface area contributed by atoms with E-state index in [9.17, 15) is 38.2 Å². The molecule has 0 aliphatic carbocycles. The second-order valence-corrected chi connectivity index (χ2v) is 11.5. The number of aliphatic hydroxyl groups excluding tert-OH is 2. The maximum atomic E-state index is 14.2. The number of phosphoric acid groups is 2. The van der Waals surface area contributed by atoms with Gasteiger partial charge in [0.2, 0.25) is 0 Å². The Balaban J connectivity index is 1.82. The van der Waals surface area contributed by atoms with Crippen LogP contribution in [0.1, 0.15) is 17.4 Å². The number of ether oxygens (including phenoxy) is 1. The van der Waals surface area contributed by atoms with E-state index < -0.39 is 63.9 Å². The van der Waals surface area contributed by atoms with Gasteiger partial charge in [-0.25, -0.2) is 18.3 Å². The van der Waals surface area contributed by atoms with Crippen molar-refractivity contribution in [2.24, 2.45) is 0 Å². The minimum atomic E-state index is -5.39. The molecule has 1 aliphatic heterocycles. The fraction of sp³-hybridized carbons (Fsp3) is 0.444. The van der Waals surface area contributed by atoms with E-state index in [4.69, 9.17) is 14.5 Å². The third-order valence-corrected chi connectivity index (χ3v) is 7.89. The summed E-state index contributed by atoms with van der Waals surface area (Å²) in [6, 6.07) is 4.50. The van der Waals surface area contributed by atoms with E-state index in [0.717, 1.165) is 15.3 Å². The number of aliphatic hydroxyl groups is 2. The smallest absolute Gasteiger partial charge is 0.387 e. The first-order valence-corrected chi connectivity index (χ1v) is 13.9. The second kappa shape index (κ2) is 11.1. The fourth-order valence-electron chi connectivity index (χ4n) is 3.48. The van der Waals surface area contributed by atoms with Crippen molar-refractivity contribution in [2.75, 3.05) is 6.61 Å². The summed E-state index contributed by atoms with van der Waals surface area (Å²) in [6.07, 6.45) is -5.72. The average Bonchev–Trinajstić information content (AvgIpc) is 3.03. The van der Waals surface area contributed by atoms with Gasteiger partial charge in [0.1, 0.15) is 24.1 Å². The van der Waals surface area contributed by atoms with Crippen LogP contribution in [0.15, 0.2) is 38.5 Å². The van der Waals surface area contributed by atoms with Gasteiger partial charge in [-0.05, 0) is 46.5 Å². The summed E-state index contributed by atoms with van der Waals surface area (Å²) in [5, 5.41) is 20.7. The van der Waals surface area contributed by atoms with Gasteiger partial charge in [-0.1, -0.05) is 12.1 Å². The van der Waals surface area contributed by atoms with Gasteiger partial charge in [0.25, 0.3) is 5.56 Å². The van der Waals surface area contributed by atoms with Crippen molar-refractivity contribution in [1.82, 2.24) is 9.13 Å². The number of phosphoric ester groups is 1. The summed E-state index contributed by atoms with van der Waals surface area (Å²) in [5.74, 6) is -0.511. The predicted octanol–water partition coefficient (Wildman–Crippen LogP) is 0.308. The summed E-state index contributed by atoms with van der Waals surface area (Å²) in [4.78, 5) is 52.3. The first-order chi connectivity index (χ1) is 16.6. The van der Waals surface area contributed by atoms with E-state index in [1.165, 1.54) is 12.1 Å². The summed E-state index contributed by atoms with van der Waals surface area (Å²) in [7, 11) is -10.7. The number of hydrogen-bond donors (Lipinski definition) is 5. The highest BCUT2D eigenvalue weighted by Gasteiger charge is 2.46. The molecule has 5 atom stereocenters. The molecule has 5 N–H and O–H groups in total. The number of halogens is 2. The number of rotatable bonds is 9.